The van der Waals surface area contributed by atoms with E-state index in [2.05, 4.69) is 4.72 Å². The predicted octanol–water partition coefficient (Wildman–Crippen LogP) is 0.309. The lowest BCUT2D eigenvalue weighted by molar-refractivity contribution is 0.204. The highest BCUT2D eigenvalue weighted by Crippen LogP contribution is 2.18. The predicted molar refractivity (Wildman–Crippen MR) is 65.3 cm³/mol. The topological polar surface area (TPSA) is 78.9 Å². The molecule has 1 aromatic carbocycles. The molecule has 0 spiro atoms. The van der Waals surface area contributed by atoms with Crippen LogP contribution < -0.4 is 9.03 Å². The van der Waals surface area contributed by atoms with Crippen LogP contribution in [0.4, 0.5) is 5.69 Å². The minimum absolute atomic E-state index is 0.0897. The number of aromatic hydroxyl groups is 1. The summed E-state index contributed by atoms with van der Waals surface area (Å²) in [7, 11) is -0.647. The van der Waals surface area contributed by atoms with Crippen molar-refractivity contribution in [2.75, 3.05) is 31.6 Å². The van der Waals surface area contributed by atoms with Crippen LogP contribution in [0.2, 0.25) is 0 Å². The van der Waals surface area contributed by atoms with Gasteiger partial charge in [0.1, 0.15) is 5.75 Å². The Hall–Kier alpha value is -1.31. The number of phenols is 1. The Morgan fingerprint density at radius 1 is 1.35 bits per heavy atom. The molecule has 0 bridgehead atoms. The zero-order chi connectivity index (χ0) is 12.9. The van der Waals surface area contributed by atoms with Crippen molar-refractivity contribution >= 4 is 15.9 Å². The Labute approximate surface area is 101 Å². The van der Waals surface area contributed by atoms with Gasteiger partial charge in [-0.1, -0.05) is 0 Å². The third kappa shape index (κ3) is 3.88. The van der Waals surface area contributed by atoms with Crippen LogP contribution in [0.1, 0.15) is 0 Å². The van der Waals surface area contributed by atoms with Gasteiger partial charge < -0.3 is 9.84 Å². The van der Waals surface area contributed by atoms with Gasteiger partial charge in [0.15, 0.2) is 0 Å². The van der Waals surface area contributed by atoms with Crippen molar-refractivity contribution in [2.24, 2.45) is 0 Å². The van der Waals surface area contributed by atoms with E-state index in [4.69, 9.17) is 9.84 Å². The fourth-order valence-electron chi connectivity index (χ4n) is 1.17. The number of nitrogens with one attached hydrogen (secondary N) is 1. The van der Waals surface area contributed by atoms with E-state index in [1.165, 1.54) is 38.4 Å². The summed E-state index contributed by atoms with van der Waals surface area (Å²) >= 11 is 0. The Morgan fingerprint density at radius 3 is 2.47 bits per heavy atom. The van der Waals surface area contributed by atoms with E-state index >= 15 is 0 Å². The maximum atomic E-state index is 11.8. The van der Waals surface area contributed by atoms with Crippen molar-refractivity contribution in [3.05, 3.63) is 24.3 Å². The molecule has 0 radical (unpaired) electrons. The molecule has 0 aromatic heterocycles. The summed E-state index contributed by atoms with van der Waals surface area (Å²) in [6, 6.07) is 5.89. The van der Waals surface area contributed by atoms with Crippen LogP contribution in [0.15, 0.2) is 24.3 Å². The molecule has 0 saturated heterocycles. The number of hydrogen-bond acceptors (Lipinski definition) is 4. The van der Waals surface area contributed by atoms with Gasteiger partial charge in [-0.15, -0.1) is 0 Å². The highest BCUT2D eigenvalue weighted by Gasteiger charge is 2.17. The number of rotatable bonds is 6. The van der Waals surface area contributed by atoms with Gasteiger partial charge in [0.25, 0.3) is 0 Å². The van der Waals surface area contributed by atoms with Crippen molar-refractivity contribution in [1.82, 2.24) is 4.72 Å². The molecule has 0 aliphatic carbocycles. The first-order chi connectivity index (χ1) is 7.97. The first-order valence-electron chi connectivity index (χ1n) is 4.99. The second-order valence-electron chi connectivity index (χ2n) is 3.38. The van der Waals surface area contributed by atoms with Crippen LogP contribution in [-0.4, -0.2) is 40.8 Å². The second-order valence-corrected chi connectivity index (χ2v) is 5.16. The maximum absolute atomic E-state index is 11.8. The molecule has 0 heterocycles. The highest BCUT2D eigenvalue weighted by atomic mass is 32.2. The van der Waals surface area contributed by atoms with E-state index in [0.717, 1.165) is 4.31 Å². The van der Waals surface area contributed by atoms with E-state index < -0.39 is 10.2 Å². The Balaban J connectivity index is 2.74. The zero-order valence-corrected chi connectivity index (χ0v) is 10.6. The van der Waals surface area contributed by atoms with Crippen molar-refractivity contribution in [1.29, 1.82) is 0 Å². The Bertz CT molecular complexity index is 444. The maximum Gasteiger partial charge on any atom is 0.301 e. The van der Waals surface area contributed by atoms with Crippen LogP contribution in [-0.2, 0) is 14.9 Å². The SMILES string of the molecule is COCCNS(=O)(=O)N(C)c1ccc(O)cc1. The zero-order valence-electron chi connectivity index (χ0n) is 9.75. The van der Waals surface area contributed by atoms with Crippen LogP contribution in [0.3, 0.4) is 0 Å². The fraction of sp³-hybridized carbons (Fsp3) is 0.400. The normalized spacial score (nSPS) is 11.4. The quantitative estimate of drug-likeness (QED) is 0.721. The molecule has 1 rings (SSSR count). The number of benzene rings is 1. The standard InChI is InChI=1S/C10H16N2O4S/c1-12(9-3-5-10(13)6-4-9)17(14,15)11-7-8-16-2/h3-6,11,13H,7-8H2,1-2H3. The van der Waals surface area contributed by atoms with Crippen molar-refractivity contribution in [3.63, 3.8) is 0 Å². The van der Waals surface area contributed by atoms with Crippen molar-refractivity contribution in [2.45, 2.75) is 0 Å². The molecule has 7 heteroatoms. The molecule has 0 saturated carbocycles. The first kappa shape index (κ1) is 13.8. The molecular weight excluding hydrogens is 244 g/mol. The molecule has 2 N–H and O–H groups in total. The molecule has 0 aliphatic rings. The number of nitrogens with zero attached hydrogens (tertiary/aromatic N) is 1. The van der Waals surface area contributed by atoms with E-state index in [0.29, 0.717) is 12.3 Å². The molecule has 1 aromatic rings. The fourth-order valence-corrected chi connectivity index (χ4v) is 2.11. The highest BCUT2D eigenvalue weighted by molar-refractivity contribution is 7.90. The number of hydrogen-bond donors (Lipinski definition) is 2. The lowest BCUT2D eigenvalue weighted by Crippen LogP contribution is -2.39. The largest absolute Gasteiger partial charge is 0.508 e. The monoisotopic (exact) mass is 260 g/mol. The molecule has 6 nitrogen and oxygen atoms in total. The molecule has 0 unspecified atom stereocenters. The summed E-state index contributed by atoms with van der Waals surface area (Å²) in [6.45, 7) is 0.518. The van der Waals surface area contributed by atoms with Gasteiger partial charge in [-0.2, -0.15) is 13.1 Å². The Morgan fingerprint density at radius 2 is 1.94 bits per heavy atom. The summed E-state index contributed by atoms with van der Waals surface area (Å²) in [5.41, 5.74) is 0.465. The van der Waals surface area contributed by atoms with Gasteiger partial charge in [-0.25, -0.2) is 0 Å². The second kappa shape index (κ2) is 5.85. The van der Waals surface area contributed by atoms with Crippen LogP contribution >= 0.6 is 0 Å². The molecular formula is C10H16N2O4S. The Kier molecular flexibility index (Phi) is 4.73. The van der Waals surface area contributed by atoms with Crippen molar-refractivity contribution < 1.29 is 18.3 Å². The number of methoxy groups -OCH3 is 1. The molecule has 0 aliphatic heterocycles. The first-order valence-corrected chi connectivity index (χ1v) is 6.43. The average molecular weight is 260 g/mol. The van der Waals surface area contributed by atoms with Crippen LogP contribution in [0.25, 0.3) is 0 Å². The summed E-state index contributed by atoms with van der Waals surface area (Å²) in [4.78, 5) is 0. The van der Waals surface area contributed by atoms with Crippen LogP contribution in [0.5, 0.6) is 5.75 Å². The number of ether oxygens (including phenoxy) is 1. The van der Waals surface area contributed by atoms with Crippen molar-refractivity contribution in [3.8, 4) is 5.75 Å². The third-order valence-electron chi connectivity index (χ3n) is 2.16. The van der Waals surface area contributed by atoms with E-state index in [-0.39, 0.29) is 12.3 Å². The minimum atomic E-state index is -3.58. The third-order valence-corrected chi connectivity index (χ3v) is 3.67. The van der Waals surface area contributed by atoms with Gasteiger partial charge in [0.2, 0.25) is 0 Å². The van der Waals surface area contributed by atoms with E-state index in [1.807, 2.05) is 0 Å². The number of anilines is 1. The van der Waals surface area contributed by atoms with Gasteiger partial charge in [0, 0.05) is 20.7 Å². The lowest BCUT2D eigenvalue weighted by Gasteiger charge is -2.19. The lowest BCUT2D eigenvalue weighted by atomic mass is 10.3. The van der Waals surface area contributed by atoms with E-state index in [1.54, 1.807) is 0 Å². The smallest absolute Gasteiger partial charge is 0.301 e. The molecule has 0 fully saturated rings. The summed E-state index contributed by atoms with van der Waals surface area (Å²) in [5.74, 6) is 0.0897. The number of phenolic OH excluding ortho intramolecular Hbond substituents is 1. The summed E-state index contributed by atoms with van der Waals surface area (Å²) < 4.78 is 31.8. The minimum Gasteiger partial charge on any atom is -0.508 e. The van der Waals surface area contributed by atoms with Gasteiger partial charge in [-0.3, -0.25) is 4.31 Å². The van der Waals surface area contributed by atoms with Crippen LogP contribution in [0, 0.1) is 0 Å². The van der Waals surface area contributed by atoms with Gasteiger partial charge in [0.05, 0.1) is 12.3 Å². The average Bonchev–Trinajstić information content (AvgIpc) is 2.29. The van der Waals surface area contributed by atoms with Gasteiger partial charge >= 0.3 is 10.2 Å². The van der Waals surface area contributed by atoms with E-state index in [9.17, 15) is 8.42 Å². The van der Waals surface area contributed by atoms with Gasteiger partial charge in [-0.05, 0) is 24.3 Å². The summed E-state index contributed by atoms with van der Waals surface area (Å²) in [6.07, 6.45) is 0. The molecule has 17 heavy (non-hydrogen) atoms. The molecule has 96 valence electrons. The summed E-state index contributed by atoms with van der Waals surface area (Å²) in [5, 5.41) is 9.11. The molecule has 0 amide bonds. The molecule has 0 atom stereocenters.